The predicted octanol–water partition coefficient (Wildman–Crippen LogP) is 2.54. The summed E-state index contributed by atoms with van der Waals surface area (Å²) in [6.45, 7) is 2.24. The number of carbonyl (C=O) groups excluding carboxylic acids is 2. The van der Waals surface area contributed by atoms with Gasteiger partial charge in [-0.15, -0.1) is 0 Å². The van der Waals surface area contributed by atoms with E-state index in [1.807, 2.05) is 57.4 Å². The molecule has 2 aromatic rings. The molecule has 3 rings (SSSR count). The highest BCUT2D eigenvalue weighted by molar-refractivity contribution is 6.14. The lowest BCUT2D eigenvalue weighted by Gasteiger charge is -2.22. The zero-order valence-corrected chi connectivity index (χ0v) is 19.9. The molecule has 1 aliphatic heterocycles. The number of carbonyl (C=O) groups is 2. The molecule has 0 unspecified atom stereocenters. The van der Waals surface area contributed by atoms with Gasteiger partial charge in [0.05, 0.1) is 32.5 Å². The Bertz CT molecular complexity index is 1050. The van der Waals surface area contributed by atoms with Crippen molar-refractivity contribution in [3.05, 3.63) is 53.1 Å². The van der Waals surface area contributed by atoms with Crippen LogP contribution in [-0.4, -0.2) is 75.5 Å². The van der Waals surface area contributed by atoms with Gasteiger partial charge in [0.1, 0.15) is 0 Å². The molecule has 1 heterocycles. The molecule has 33 heavy (non-hydrogen) atoms. The Morgan fingerprint density at radius 2 is 1.76 bits per heavy atom. The number of amides is 3. The number of methoxy groups -OCH3 is 2. The van der Waals surface area contributed by atoms with Crippen LogP contribution in [0.5, 0.6) is 11.5 Å². The summed E-state index contributed by atoms with van der Waals surface area (Å²) in [6.07, 6.45) is 0.592. The van der Waals surface area contributed by atoms with E-state index >= 15 is 0 Å². The summed E-state index contributed by atoms with van der Waals surface area (Å²) in [5, 5.41) is 11.7. The molecule has 2 N–H and O–H groups in total. The number of urea groups is 1. The van der Waals surface area contributed by atoms with Crippen molar-refractivity contribution in [1.29, 1.82) is 0 Å². The van der Waals surface area contributed by atoms with Gasteiger partial charge in [0, 0.05) is 23.9 Å². The second-order valence-electron chi connectivity index (χ2n) is 8.13. The first kappa shape index (κ1) is 24.1. The number of fused-ring (bicyclic) bond motifs is 1. The van der Waals surface area contributed by atoms with Crippen molar-refractivity contribution in [2.45, 2.75) is 19.4 Å². The van der Waals surface area contributed by atoms with Crippen LogP contribution in [-0.2, 0) is 11.2 Å². The Morgan fingerprint density at radius 3 is 2.33 bits per heavy atom. The summed E-state index contributed by atoms with van der Waals surface area (Å²) in [5.41, 5.74) is 3.97. The summed E-state index contributed by atoms with van der Waals surface area (Å²) in [7, 11) is 8.45. The molecule has 176 valence electrons. The molecule has 1 aliphatic rings. The molecule has 0 spiro atoms. The van der Waals surface area contributed by atoms with Crippen molar-refractivity contribution >= 4 is 23.3 Å². The average Bonchev–Trinajstić information content (AvgIpc) is 2.93. The third kappa shape index (κ3) is 5.43. The van der Waals surface area contributed by atoms with Crippen LogP contribution < -0.4 is 20.1 Å². The molecule has 0 bridgehead atoms. The highest BCUT2D eigenvalue weighted by Crippen LogP contribution is 2.34. The van der Waals surface area contributed by atoms with E-state index in [9.17, 15) is 9.59 Å². The van der Waals surface area contributed by atoms with Crippen LogP contribution >= 0.6 is 0 Å². The Morgan fingerprint density at radius 1 is 1.12 bits per heavy atom. The Kier molecular flexibility index (Phi) is 7.55. The van der Waals surface area contributed by atoms with Gasteiger partial charge < -0.3 is 25.0 Å². The van der Waals surface area contributed by atoms with Crippen LogP contribution in [0.2, 0.25) is 0 Å². The fraction of sp³-hybridized carbons (Fsp3) is 0.375. The number of hydrogen-bond donors (Lipinski definition) is 2. The number of rotatable bonds is 6. The molecule has 0 aromatic heterocycles. The highest BCUT2D eigenvalue weighted by atomic mass is 16.5. The minimum absolute atomic E-state index is 0.0960. The fourth-order valence-corrected chi connectivity index (χ4v) is 3.75. The van der Waals surface area contributed by atoms with E-state index in [0.717, 1.165) is 16.7 Å². The van der Waals surface area contributed by atoms with E-state index in [-0.39, 0.29) is 18.0 Å². The second-order valence-corrected chi connectivity index (χ2v) is 8.13. The molecule has 9 heteroatoms. The van der Waals surface area contributed by atoms with Crippen molar-refractivity contribution < 1.29 is 19.1 Å². The Labute approximate surface area is 194 Å². The number of ether oxygens (including phenoxy) is 2. The van der Waals surface area contributed by atoms with Crippen LogP contribution in [0, 0.1) is 0 Å². The highest BCUT2D eigenvalue weighted by Gasteiger charge is 2.28. The zero-order chi connectivity index (χ0) is 24.1. The van der Waals surface area contributed by atoms with Crippen LogP contribution in [0.1, 0.15) is 23.6 Å². The summed E-state index contributed by atoms with van der Waals surface area (Å²) in [5.74, 6) is 1.11. The Balaban J connectivity index is 2.06. The lowest BCUT2D eigenvalue weighted by molar-refractivity contribution is -0.116. The number of anilines is 1. The molecular weight excluding hydrogens is 422 g/mol. The van der Waals surface area contributed by atoms with E-state index < -0.39 is 0 Å². The SMILES string of the molecule is CNC(=O)N1N=C(c2ccc(NC(=O)CN(C)C)cc2)c2cc(OC)c(OC)cc2C[C@H]1C. The summed E-state index contributed by atoms with van der Waals surface area (Å²) >= 11 is 0. The van der Waals surface area contributed by atoms with Gasteiger partial charge in [-0.1, -0.05) is 12.1 Å². The van der Waals surface area contributed by atoms with E-state index in [4.69, 9.17) is 14.6 Å². The third-order valence-corrected chi connectivity index (χ3v) is 5.33. The van der Waals surface area contributed by atoms with Crippen molar-refractivity contribution in [1.82, 2.24) is 15.2 Å². The minimum atomic E-state index is -0.292. The number of hydrazone groups is 1. The Hall–Kier alpha value is -3.59. The summed E-state index contributed by atoms with van der Waals surface area (Å²) < 4.78 is 11.0. The number of likely N-dealkylation sites (N-methyl/N-ethyl adjacent to an activating group) is 1. The monoisotopic (exact) mass is 453 g/mol. The molecule has 1 atom stereocenters. The second kappa shape index (κ2) is 10.4. The topological polar surface area (TPSA) is 95.5 Å². The van der Waals surface area contributed by atoms with Gasteiger partial charge in [-0.25, -0.2) is 9.80 Å². The van der Waals surface area contributed by atoms with E-state index in [0.29, 0.717) is 35.9 Å². The van der Waals surface area contributed by atoms with Gasteiger partial charge in [0.25, 0.3) is 0 Å². The summed E-state index contributed by atoms with van der Waals surface area (Å²) in [4.78, 5) is 26.5. The van der Waals surface area contributed by atoms with E-state index in [1.165, 1.54) is 5.01 Å². The minimum Gasteiger partial charge on any atom is -0.493 e. The first-order valence-corrected chi connectivity index (χ1v) is 10.7. The lowest BCUT2D eigenvalue weighted by atomic mass is 9.94. The molecule has 0 saturated carbocycles. The van der Waals surface area contributed by atoms with Crippen molar-refractivity contribution in [2.75, 3.05) is 47.2 Å². The maximum atomic E-state index is 12.6. The summed E-state index contributed by atoms with van der Waals surface area (Å²) in [6, 6.07) is 10.8. The zero-order valence-electron chi connectivity index (χ0n) is 19.9. The van der Waals surface area contributed by atoms with Gasteiger partial charge in [-0.05, 0) is 57.3 Å². The van der Waals surface area contributed by atoms with Crippen molar-refractivity contribution in [2.24, 2.45) is 5.10 Å². The standard InChI is InChI=1S/C24H31N5O4/c1-15-11-17-12-20(32-5)21(33-6)13-19(17)23(27-29(15)24(31)25-2)16-7-9-18(10-8-16)26-22(30)14-28(3)4/h7-10,12-13,15H,11,14H2,1-6H3,(H,25,31)(H,26,30)/t15-/m1/s1. The molecule has 2 aromatic carbocycles. The third-order valence-electron chi connectivity index (χ3n) is 5.33. The largest absolute Gasteiger partial charge is 0.493 e. The van der Waals surface area contributed by atoms with Gasteiger partial charge in [0.15, 0.2) is 11.5 Å². The first-order valence-electron chi connectivity index (χ1n) is 10.7. The number of nitrogens with zero attached hydrogens (tertiary/aromatic N) is 3. The van der Waals surface area contributed by atoms with E-state index in [2.05, 4.69) is 10.6 Å². The number of nitrogens with one attached hydrogen (secondary N) is 2. The van der Waals surface area contributed by atoms with Crippen molar-refractivity contribution in [3.8, 4) is 11.5 Å². The first-order chi connectivity index (χ1) is 15.8. The smallest absolute Gasteiger partial charge is 0.337 e. The fourth-order valence-electron chi connectivity index (χ4n) is 3.75. The number of hydrogen-bond acceptors (Lipinski definition) is 6. The average molecular weight is 454 g/mol. The van der Waals surface area contributed by atoms with Gasteiger partial charge in [-0.3, -0.25) is 4.79 Å². The molecule has 0 radical (unpaired) electrons. The van der Waals surface area contributed by atoms with E-state index in [1.54, 1.807) is 26.2 Å². The molecular formula is C24H31N5O4. The molecule has 0 fully saturated rings. The molecule has 3 amide bonds. The normalized spacial score (nSPS) is 15.3. The van der Waals surface area contributed by atoms with Gasteiger partial charge in [-0.2, -0.15) is 5.10 Å². The quantitative estimate of drug-likeness (QED) is 0.701. The number of benzene rings is 2. The molecule has 0 aliphatic carbocycles. The molecule has 0 saturated heterocycles. The van der Waals surface area contributed by atoms with Gasteiger partial charge >= 0.3 is 6.03 Å². The predicted molar refractivity (Wildman–Crippen MR) is 128 cm³/mol. The van der Waals surface area contributed by atoms with Gasteiger partial charge in [0.2, 0.25) is 5.91 Å². The van der Waals surface area contributed by atoms with Crippen molar-refractivity contribution in [3.63, 3.8) is 0 Å². The lowest BCUT2D eigenvalue weighted by Crippen LogP contribution is -2.41. The maximum Gasteiger partial charge on any atom is 0.337 e. The molecule has 9 nitrogen and oxygen atoms in total. The van der Waals surface area contributed by atoms with Crippen LogP contribution in [0.4, 0.5) is 10.5 Å². The maximum absolute atomic E-state index is 12.6. The van der Waals surface area contributed by atoms with Crippen LogP contribution in [0.25, 0.3) is 0 Å². The van der Waals surface area contributed by atoms with Crippen LogP contribution in [0.3, 0.4) is 0 Å². The van der Waals surface area contributed by atoms with Crippen LogP contribution in [0.15, 0.2) is 41.5 Å².